The van der Waals surface area contributed by atoms with Gasteiger partial charge in [0.2, 0.25) is 0 Å². The summed E-state index contributed by atoms with van der Waals surface area (Å²) >= 11 is 0. The highest BCUT2D eigenvalue weighted by atomic mass is 16.5. The van der Waals surface area contributed by atoms with Gasteiger partial charge in [0.1, 0.15) is 0 Å². The number of amides is 2. The van der Waals surface area contributed by atoms with Gasteiger partial charge in [0.25, 0.3) is 0 Å². The molecule has 8 nitrogen and oxygen atoms in total. The lowest BCUT2D eigenvalue weighted by atomic mass is 10.2. The van der Waals surface area contributed by atoms with Gasteiger partial charge in [0.15, 0.2) is 5.82 Å². The highest BCUT2D eigenvalue weighted by molar-refractivity contribution is 5.88. The summed E-state index contributed by atoms with van der Waals surface area (Å²) in [7, 11) is 1.66. The number of hydrogen-bond acceptors (Lipinski definition) is 4. The smallest absolute Gasteiger partial charge is 0.323 e. The Morgan fingerprint density at radius 2 is 2.38 bits per heavy atom. The highest BCUT2D eigenvalue weighted by Gasteiger charge is 2.29. The van der Waals surface area contributed by atoms with E-state index in [0.29, 0.717) is 12.4 Å². The van der Waals surface area contributed by atoms with Crippen LogP contribution in [0, 0.1) is 0 Å². The number of imidazole rings is 1. The first-order valence-electron chi connectivity index (χ1n) is 8.25. The Hall–Kier alpha value is -2.35. The molecule has 2 amide bonds. The van der Waals surface area contributed by atoms with Crippen LogP contribution in [0.15, 0.2) is 31.0 Å². The van der Waals surface area contributed by atoms with Gasteiger partial charge in [-0.1, -0.05) is 0 Å². The number of ether oxygens (including phenoxy) is 1. The van der Waals surface area contributed by atoms with Crippen molar-refractivity contribution in [2.45, 2.75) is 38.4 Å². The first-order valence-corrected chi connectivity index (χ1v) is 8.25. The summed E-state index contributed by atoms with van der Waals surface area (Å²) in [4.78, 5) is 18.5. The Morgan fingerprint density at radius 1 is 1.50 bits per heavy atom. The van der Waals surface area contributed by atoms with Gasteiger partial charge in [-0.15, -0.1) is 0 Å². The lowest BCUT2D eigenvalue weighted by Crippen LogP contribution is -2.40. The molecule has 24 heavy (non-hydrogen) atoms. The van der Waals surface area contributed by atoms with Crippen LogP contribution in [0.3, 0.4) is 0 Å². The SMILES string of the molecule is COCC(C)n1ccc(NC(=O)N2CCCC2Cn2ccnc2)n1. The molecule has 2 aromatic rings. The van der Waals surface area contributed by atoms with Crippen LogP contribution in [-0.4, -0.2) is 56.6 Å². The number of aromatic nitrogens is 4. The maximum atomic E-state index is 12.6. The Kier molecular flexibility index (Phi) is 5.14. The zero-order valence-electron chi connectivity index (χ0n) is 14.1. The van der Waals surface area contributed by atoms with E-state index in [9.17, 15) is 4.79 Å². The van der Waals surface area contributed by atoms with Gasteiger partial charge >= 0.3 is 6.03 Å². The third kappa shape index (κ3) is 3.76. The van der Waals surface area contributed by atoms with Crippen LogP contribution < -0.4 is 5.32 Å². The molecule has 130 valence electrons. The third-order valence-electron chi connectivity index (χ3n) is 4.32. The summed E-state index contributed by atoms with van der Waals surface area (Å²) in [5.41, 5.74) is 0. The highest BCUT2D eigenvalue weighted by Crippen LogP contribution is 2.20. The lowest BCUT2D eigenvalue weighted by molar-refractivity contribution is 0.157. The molecule has 0 spiro atoms. The molecule has 1 aliphatic rings. The predicted octanol–water partition coefficient (Wildman–Crippen LogP) is 1.98. The number of hydrogen-bond donors (Lipinski definition) is 1. The fourth-order valence-corrected chi connectivity index (χ4v) is 3.08. The molecule has 1 aliphatic heterocycles. The molecule has 0 aromatic carbocycles. The van der Waals surface area contributed by atoms with Crippen LogP contribution >= 0.6 is 0 Å². The number of nitrogens with zero attached hydrogens (tertiary/aromatic N) is 5. The first-order chi connectivity index (χ1) is 11.7. The monoisotopic (exact) mass is 332 g/mol. The third-order valence-corrected chi connectivity index (χ3v) is 4.32. The number of likely N-dealkylation sites (tertiary alicyclic amines) is 1. The van der Waals surface area contributed by atoms with Crippen molar-refractivity contribution in [2.24, 2.45) is 0 Å². The summed E-state index contributed by atoms with van der Waals surface area (Å²) in [5.74, 6) is 0.566. The summed E-state index contributed by atoms with van der Waals surface area (Å²) in [5, 5.41) is 7.30. The average molecular weight is 332 g/mol. The van der Waals surface area contributed by atoms with E-state index < -0.39 is 0 Å². The Balaban J connectivity index is 1.59. The number of methoxy groups -OCH3 is 1. The van der Waals surface area contributed by atoms with E-state index in [2.05, 4.69) is 15.4 Å². The van der Waals surface area contributed by atoms with Gasteiger partial charge in [-0.05, 0) is 19.8 Å². The van der Waals surface area contributed by atoms with E-state index in [4.69, 9.17) is 4.74 Å². The Bertz CT molecular complexity index is 653. The van der Waals surface area contributed by atoms with Crippen molar-refractivity contribution in [3.63, 3.8) is 0 Å². The van der Waals surface area contributed by atoms with E-state index in [-0.39, 0.29) is 18.1 Å². The number of rotatable bonds is 6. The van der Waals surface area contributed by atoms with Crippen molar-refractivity contribution in [1.82, 2.24) is 24.2 Å². The molecule has 0 saturated carbocycles. The number of urea groups is 1. The molecule has 3 heterocycles. The van der Waals surface area contributed by atoms with Crippen molar-refractivity contribution in [1.29, 1.82) is 0 Å². The van der Waals surface area contributed by atoms with E-state index in [0.717, 1.165) is 25.9 Å². The standard InChI is InChI=1S/C16H24N6O2/c1-13(11-24-2)22-8-5-15(19-22)18-16(23)21-7-3-4-14(21)10-20-9-6-17-12-20/h5-6,8-9,12-14H,3-4,7,10-11H2,1-2H3,(H,18,19,23). The zero-order chi connectivity index (χ0) is 16.9. The minimum Gasteiger partial charge on any atom is -0.382 e. The largest absolute Gasteiger partial charge is 0.382 e. The zero-order valence-corrected chi connectivity index (χ0v) is 14.1. The summed E-state index contributed by atoms with van der Waals surface area (Å²) in [6, 6.07) is 2.03. The molecular weight excluding hydrogens is 308 g/mol. The van der Waals surface area contributed by atoms with Gasteiger partial charge in [0, 0.05) is 44.9 Å². The molecule has 1 fully saturated rings. The molecular formula is C16H24N6O2. The van der Waals surface area contributed by atoms with Crippen LogP contribution in [-0.2, 0) is 11.3 Å². The second kappa shape index (κ2) is 7.48. The quantitative estimate of drug-likeness (QED) is 0.877. The van der Waals surface area contributed by atoms with Crippen LogP contribution in [0.5, 0.6) is 0 Å². The minimum absolute atomic E-state index is 0.0951. The second-order valence-corrected chi connectivity index (χ2v) is 6.16. The molecule has 2 unspecified atom stereocenters. The topological polar surface area (TPSA) is 77.2 Å². The van der Waals surface area contributed by atoms with Gasteiger partial charge in [-0.3, -0.25) is 10.00 Å². The molecule has 2 aromatic heterocycles. The number of nitrogens with one attached hydrogen (secondary N) is 1. The fourth-order valence-electron chi connectivity index (χ4n) is 3.08. The maximum absolute atomic E-state index is 12.6. The minimum atomic E-state index is -0.0951. The average Bonchev–Trinajstić information content (AvgIpc) is 3.29. The van der Waals surface area contributed by atoms with Crippen molar-refractivity contribution in [3.8, 4) is 0 Å². The van der Waals surface area contributed by atoms with Crippen LogP contribution in [0.2, 0.25) is 0 Å². The molecule has 2 atom stereocenters. The van der Waals surface area contributed by atoms with Crippen molar-refractivity contribution >= 4 is 11.8 Å². The normalized spacial score (nSPS) is 18.8. The molecule has 8 heteroatoms. The molecule has 3 rings (SSSR count). The van der Waals surface area contributed by atoms with Gasteiger partial charge < -0.3 is 14.2 Å². The summed E-state index contributed by atoms with van der Waals surface area (Å²) in [6.45, 7) is 4.14. The maximum Gasteiger partial charge on any atom is 0.323 e. The number of carbonyl (C=O) groups is 1. The van der Waals surface area contributed by atoms with Gasteiger partial charge in [0.05, 0.1) is 25.0 Å². The van der Waals surface area contributed by atoms with Crippen LogP contribution in [0.25, 0.3) is 0 Å². The van der Waals surface area contributed by atoms with Crippen molar-refractivity contribution in [2.75, 3.05) is 25.6 Å². The van der Waals surface area contributed by atoms with Gasteiger partial charge in [-0.25, -0.2) is 9.78 Å². The molecule has 1 saturated heterocycles. The van der Waals surface area contributed by atoms with Crippen molar-refractivity contribution in [3.05, 3.63) is 31.0 Å². The van der Waals surface area contributed by atoms with E-state index >= 15 is 0 Å². The van der Waals surface area contributed by atoms with Gasteiger partial charge in [-0.2, -0.15) is 5.10 Å². The van der Waals surface area contributed by atoms with E-state index in [1.54, 1.807) is 24.3 Å². The lowest BCUT2D eigenvalue weighted by Gasteiger charge is -2.24. The summed E-state index contributed by atoms with van der Waals surface area (Å²) in [6.07, 6.45) is 9.34. The van der Waals surface area contributed by atoms with E-state index in [1.165, 1.54) is 0 Å². The molecule has 0 bridgehead atoms. The Labute approximate surface area is 141 Å². The molecule has 0 radical (unpaired) electrons. The van der Waals surface area contributed by atoms with Crippen molar-refractivity contribution < 1.29 is 9.53 Å². The molecule has 1 N–H and O–H groups in total. The van der Waals surface area contributed by atoms with Crippen LogP contribution in [0.1, 0.15) is 25.8 Å². The predicted molar refractivity (Wildman–Crippen MR) is 89.8 cm³/mol. The molecule has 0 aliphatic carbocycles. The number of carbonyl (C=O) groups excluding carboxylic acids is 1. The van der Waals surface area contributed by atoms with Crippen LogP contribution in [0.4, 0.5) is 10.6 Å². The Morgan fingerprint density at radius 3 is 3.12 bits per heavy atom. The second-order valence-electron chi connectivity index (χ2n) is 6.16. The summed E-state index contributed by atoms with van der Waals surface area (Å²) < 4.78 is 8.94. The first kappa shape index (κ1) is 16.5. The fraction of sp³-hybridized carbons (Fsp3) is 0.562. The van der Waals surface area contributed by atoms with E-state index in [1.807, 2.05) is 34.9 Å². The number of anilines is 1.